The van der Waals surface area contributed by atoms with Gasteiger partial charge in [-0.25, -0.2) is 8.42 Å². The molecule has 2 aromatic carbocycles. The largest absolute Gasteiger partial charge is 0.497 e. The summed E-state index contributed by atoms with van der Waals surface area (Å²) in [4.78, 5) is 12.1. The quantitative estimate of drug-likeness (QED) is 0.727. The van der Waals surface area contributed by atoms with Gasteiger partial charge in [0.1, 0.15) is 5.75 Å². The lowest BCUT2D eigenvalue weighted by Crippen LogP contribution is -2.44. The summed E-state index contributed by atoms with van der Waals surface area (Å²) in [5.41, 5.74) is -0.338. The summed E-state index contributed by atoms with van der Waals surface area (Å²) >= 11 is 0. The highest BCUT2D eigenvalue weighted by atomic mass is 32.2. The molecule has 152 valence electrons. The van der Waals surface area contributed by atoms with Crippen LogP contribution in [-0.4, -0.2) is 27.5 Å². The van der Waals surface area contributed by atoms with Crippen LogP contribution in [0.15, 0.2) is 53.4 Å². The first-order valence-electron chi connectivity index (χ1n) is 8.13. The molecule has 0 aliphatic rings. The third-order valence-electron chi connectivity index (χ3n) is 3.84. The zero-order valence-electron chi connectivity index (χ0n) is 15.1. The molecule has 0 saturated heterocycles. The van der Waals surface area contributed by atoms with E-state index in [1.165, 1.54) is 50.4 Å². The minimum absolute atomic E-state index is 0.0318. The molecule has 0 aromatic heterocycles. The number of carbonyl (C=O) groups is 1. The first kappa shape index (κ1) is 21.7. The predicted molar refractivity (Wildman–Crippen MR) is 96.1 cm³/mol. The highest BCUT2D eigenvalue weighted by Crippen LogP contribution is 2.29. The molecule has 0 fully saturated rings. The summed E-state index contributed by atoms with van der Waals surface area (Å²) in [5.74, 6) is -0.127. The Bertz CT molecular complexity index is 911. The van der Waals surface area contributed by atoms with Gasteiger partial charge in [0.05, 0.1) is 23.6 Å². The normalized spacial score (nSPS) is 13.0. The summed E-state index contributed by atoms with van der Waals surface area (Å²) < 4.78 is 69.4. The zero-order valence-corrected chi connectivity index (χ0v) is 15.9. The number of alkyl halides is 3. The van der Waals surface area contributed by atoms with Crippen molar-refractivity contribution in [2.45, 2.75) is 30.6 Å². The number of hydrogen-bond acceptors (Lipinski definition) is 4. The van der Waals surface area contributed by atoms with Crippen LogP contribution in [0.1, 0.15) is 18.1 Å². The maximum Gasteiger partial charge on any atom is 0.416 e. The number of hydrogen-bond donors (Lipinski definition) is 2. The van der Waals surface area contributed by atoms with Gasteiger partial charge in [-0.05, 0) is 48.9 Å². The van der Waals surface area contributed by atoms with Crippen molar-refractivity contribution in [3.8, 4) is 5.75 Å². The van der Waals surface area contributed by atoms with Crippen LogP contribution in [0, 0.1) is 0 Å². The summed E-state index contributed by atoms with van der Waals surface area (Å²) in [5, 5.41) is 2.48. The topological polar surface area (TPSA) is 84.5 Å². The van der Waals surface area contributed by atoms with Crippen molar-refractivity contribution in [1.29, 1.82) is 0 Å². The van der Waals surface area contributed by atoms with Crippen LogP contribution in [0.25, 0.3) is 0 Å². The molecule has 0 aliphatic heterocycles. The van der Waals surface area contributed by atoms with E-state index in [0.29, 0.717) is 11.3 Å². The Balaban J connectivity index is 1.94. The minimum atomic E-state index is -4.43. The first-order valence-corrected chi connectivity index (χ1v) is 9.61. The molecular formula is C18H19F3N2O4S. The molecule has 2 N–H and O–H groups in total. The van der Waals surface area contributed by atoms with Crippen molar-refractivity contribution in [3.63, 3.8) is 0 Å². The van der Waals surface area contributed by atoms with Crippen LogP contribution < -0.4 is 14.8 Å². The lowest BCUT2D eigenvalue weighted by Gasteiger charge is -2.15. The van der Waals surface area contributed by atoms with Crippen molar-refractivity contribution >= 4 is 15.9 Å². The molecule has 0 radical (unpaired) electrons. The molecule has 10 heteroatoms. The fourth-order valence-electron chi connectivity index (χ4n) is 2.26. The van der Waals surface area contributed by atoms with Gasteiger partial charge in [0.15, 0.2) is 0 Å². The summed E-state index contributed by atoms with van der Waals surface area (Å²) in [6.45, 7) is 1.33. The molecular weight excluding hydrogens is 397 g/mol. The second-order valence-corrected chi connectivity index (χ2v) is 7.64. The standard InChI is InChI=1S/C18H19F3N2O4S/c1-12(23-28(25,26)16-9-7-15(27-2)8-10-16)17(24)22-11-13-3-5-14(6-4-13)18(19,20)21/h3-10,12,23H,11H2,1-2H3,(H,22,24)/t12-/m0/s1. The van der Waals surface area contributed by atoms with Crippen LogP contribution >= 0.6 is 0 Å². The van der Waals surface area contributed by atoms with Gasteiger partial charge in [-0.3, -0.25) is 4.79 Å². The molecule has 0 bridgehead atoms. The number of halogens is 3. The van der Waals surface area contributed by atoms with Crippen molar-refractivity contribution in [3.05, 3.63) is 59.7 Å². The Hall–Kier alpha value is -2.59. The molecule has 0 saturated carbocycles. The predicted octanol–water partition coefficient (Wildman–Crippen LogP) is 2.70. The van der Waals surface area contributed by atoms with Gasteiger partial charge in [0, 0.05) is 6.54 Å². The van der Waals surface area contributed by atoms with Gasteiger partial charge in [-0.1, -0.05) is 12.1 Å². The summed E-state index contributed by atoms with van der Waals surface area (Å²) in [6, 6.07) is 8.87. The molecule has 6 nitrogen and oxygen atoms in total. The Morgan fingerprint density at radius 2 is 1.64 bits per heavy atom. The van der Waals surface area contributed by atoms with E-state index in [1.54, 1.807) is 0 Å². The van der Waals surface area contributed by atoms with E-state index in [9.17, 15) is 26.4 Å². The van der Waals surface area contributed by atoms with Gasteiger partial charge < -0.3 is 10.1 Å². The average molecular weight is 416 g/mol. The molecule has 1 amide bonds. The highest BCUT2D eigenvalue weighted by molar-refractivity contribution is 7.89. The van der Waals surface area contributed by atoms with Crippen LogP contribution in [0.3, 0.4) is 0 Å². The molecule has 0 aliphatic carbocycles. The van der Waals surface area contributed by atoms with Gasteiger partial charge in [-0.2, -0.15) is 17.9 Å². The van der Waals surface area contributed by atoms with E-state index in [-0.39, 0.29) is 11.4 Å². The fourth-order valence-corrected chi connectivity index (χ4v) is 3.47. The van der Waals surface area contributed by atoms with Crippen LogP contribution in [0.2, 0.25) is 0 Å². The second kappa shape index (κ2) is 8.61. The Labute approximate surface area is 160 Å². The van der Waals surface area contributed by atoms with Crippen LogP contribution in [0.4, 0.5) is 13.2 Å². The Kier molecular flexibility index (Phi) is 6.68. The van der Waals surface area contributed by atoms with E-state index in [2.05, 4.69) is 10.0 Å². The highest BCUT2D eigenvalue weighted by Gasteiger charge is 2.30. The summed E-state index contributed by atoms with van der Waals surface area (Å²) in [7, 11) is -2.48. The number of nitrogens with one attached hydrogen (secondary N) is 2. The molecule has 0 heterocycles. The molecule has 0 spiro atoms. The van der Waals surface area contributed by atoms with Crippen molar-refractivity contribution in [2.24, 2.45) is 0 Å². The van der Waals surface area contributed by atoms with Gasteiger partial charge in [-0.15, -0.1) is 0 Å². The SMILES string of the molecule is COc1ccc(S(=O)(=O)N[C@@H](C)C(=O)NCc2ccc(C(F)(F)F)cc2)cc1. The lowest BCUT2D eigenvalue weighted by atomic mass is 10.1. The van der Waals surface area contributed by atoms with E-state index >= 15 is 0 Å². The Morgan fingerprint density at radius 1 is 1.07 bits per heavy atom. The van der Waals surface area contributed by atoms with Crippen molar-refractivity contribution < 1.29 is 31.1 Å². The first-order chi connectivity index (χ1) is 13.0. The fraction of sp³-hybridized carbons (Fsp3) is 0.278. The van der Waals surface area contributed by atoms with E-state index in [0.717, 1.165) is 12.1 Å². The molecule has 2 rings (SSSR count). The van der Waals surface area contributed by atoms with Gasteiger partial charge in [0.2, 0.25) is 15.9 Å². The van der Waals surface area contributed by atoms with Crippen LogP contribution in [-0.2, 0) is 27.5 Å². The molecule has 2 aromatic rings. The van der Waals surface area contributed by atoms with Crippen LogP contribution in [0.5, 0.6) is 5.75 Å². The monoisotopic (exact) mass is 416 g/mol. The zero-order chi connectivity index (χ0) is 20.9. The Morgan fingerprint density at radius 3 is 2.14 bits per heavy atom. The average Bonchev–Trinajstić information content (AvgIpc) is 2.65. The third kappa shape index (κ3) is 5.70. The maximum atomic E-state index is 12.5. The summed E-state index contributed by atoms with van der Waals surface area (Å²) in [6.07, 6.45) is -4.43. The number of carbonyl (C=O) groups excluding carboxylic acids is 1. The van der Waals surface area contributed by atoms with E-state index in [1.807, 2.05) is 0 Å². The number of methoxy groups -OCH3 is 1. The van der Waals surface area contributed by atoms with Crippen molar-refractivity contribution in [1.82, 2.24) is 10.0 Å². The lowest BCUT2D eigenvalue weighted by molar-refractivity contribution is -0.137. The van der Waals surface area contributed by atoms with E-state index < -0.39 is 33.7 Å². The maximum absolute atomic E-state index is 12.5. The third-order valence-corrected chi connectivity index (χ3v) is 5.40. The van der Waals surface area contributed by atoms with Gasteiger partial charge >= 0.3 is 6.18 Å². The number of sulfonamides is 1. The number of rotatable bonds is 7. The molecule has 1 atom stereocenters. The molecule has 0 unspecified atom stereocenters. The number of amides is 1. The minimum Gasteiger partial charge on any atom is -0.497 e. The van der Waals surface area contributed by atoms with E-state index in [4.69, 9.17) is 4.74 Å². The number of ether oxygens (including phenoxy) is 1. The smallest absolute Gasteiger partial charge is 0.416 e. The van der Waals surface area contributed by atoms with Crippen molar-refractivity contribution in [2.75, 3.05) is 7.11 Å². The van der Waals surface area contributed by atoms with Gasteiger partial charge in [0.25, 0.3) is 0 Å². The molecule has 28 heavy (non-hydrogen) atoms. The number of benzene rings is 2. The second-order valence-electron chi connectivity index (χ2n) is 5.93.